The van der Waals surface area contributed by atoms with E-state index in [-0.39, 0.29) is 9.92 Å². The summed E-state index contributed by atoms with van der Waals surface area (Å²) in [6.45, 7) is 0. The molecule has 0 fully saturated rings. The summed E-state index contributed by atoms with van der Waals surface area (Å²) < 4.78 is 27.2. The molecule has 0 atom stereocenters. The van der Waals surface area contributed by atoms with E-state index in [9.17, 15) is 8.42 Å². The van der Waals surface area contributed by atoms with E-state index in [1.807, 2.05) is 0 Å². The predicted octanol–water partition coefficient (Wildman–Crippen LogP) is 3.96. The van der Waals surface area contributed by atoms with E-state index in [4.69, 9.17) is 11.6 Å². The third-order valence-electron chi connectivity index (χ3n) is 1.96. The summed E-state index contributed by atoms with van der Waals surface area (Å²) in [5.74, 6) is 0. The minimum atomic E-state index is -3.63. The lowest BCUT2D eigenvalue weighted by atomic mass is 10.4. The molecule has 1 heterocycles. The van der Waals surface area contributed by atoms with Crippen LogP contribution in [0, 0.1) is 0 Å². The lowest BCUT2D eigenvalue weighted by Crippen LogP contribution is -2.12. The van der Waals surface area contributed by atoms with Crippen LogP contribution in [0.25, 0.3) is 0 Å². The average Bonchev–Trinajstić information content (AvgIpc) is 2.68. The van der Waals surface area contributed by atoms with E-state index in [1.165, 1.54) is 17.4 Å². The van der Waals surface area contributed by atoms with E-state index < -0.39 is 10.0 Å². The fourth-order valence-corrected chi connectivity index (χ4v) is 3.98. The normalized spacial score (nSPS) is 11.4. The van der Waals surface area contributed by atoms with E-state index in [0.717, 1.165) is 4.47 Å². The van der Waals surface area contributed by atoms with Crippen LogP contribution in [0.3, 0.4) is 0 Å². The van der Waals surface area contributed by atoms with Crippen molar-refractivity contribution >= 4 is 54.6 Å². The number of benzene rings is 1. The maximum absolute atomic E-state index is 12.0. The summed E-state index contributed by atoms with van der Waals surface area (Å²) in [5, 5.41) is 3.69. The third kappa shape index (κ3) is 3.01. The molecule has 90 valence electrons. The number of sulfonamides is 1. The van der Waals surface area contributed by atoms with Crippen molar-refractivity contribution in [2.75, 3.05) is 4.72 Å². The fraction of sp³-hybridized carbons (Fsp3) is 0. The van der Waals surface area contributed by atoms with Gasteiger partial charge in [-0.2, -0.15) is 11.3 Å². The minimum Gasteiger partial charge on any atom is -0.279 e. The molecule has 0 unspecified atom stereocenters. The number of nitrogens with one attached hydrogen (secondary N) is 1. The fourth-order valence-electron chi connectivity index (χ4n) is 1.23. The van der Waals surface area contributed by atoms with Crippen LogP contribution in [0.15, 0.2) is 44.4 Å². The maximum atomic E-state index is 12.0. The van der Waals surface area contributed by atoms with Crippen LogP contribution in [0.2, 0.25) is 5.02 Å². The number of rotatable bonds is 3. The van der Waals surface area contributed by atoms with Gasteiger partial charge in [0.2, 0.25) is 0 Å². The van der Waals surface area contributed by atoms with Crippen molar-refractivity contribution in [1.29, 1.82) is 0 Å². The van der Waals surface area contributed by atoms with Gasteiger partial charge in [0.15, 0.2) is 0 Å². The van der Waals surface area contributed by atoms with Crippen LogP contribution in [-0.2, 0) is 10.0 Å². The van der Waals surface area contributed by atoms with Crippen LogP contribution in [0.5, 0.6) is 0 Å². The first-order chi connectivity index (χ1) is 7.99. The van der Waals surface area contributed by atoms with Crippen molar-refractivity contribution in [3.8, 4) is 0 Å². The molecule has 0 amide bonds. The van der Waals surface area contributed by atoms with Crippen LogP contribution in [-0.4, -0.2) is 8.42 Å². The molecule has 0 bridgehead atoms. The summed E-state index contributed by atoms with van der Waals surface area (Å²) in [6, 6.07) is 6.33. The zero-order chi connectivity index (χ0) is 12.5. The van der Waals surface area contributed by atoms with Gasteiger partial charge in [-0.15, -0.1) is 0 Å². The van der Waals surface area contributed by atoms with Crippen molar-refractivity contribution in [2.24, 2.45) is 0 Å². The van der Waals surface area contributed by atoms with E-state index in [0.29, 0.717) is 5.69 Å². The van der Waals surface area contributed by atoms with Crippen molar-refractivity contribution in [3.63, 3.8) is 0 Å². The van der Waals surface area contributed by atoms with E-state index in [2.05, 4.69) is 20.7 Å². The first kappa shape index (κ1) is 12.9. The Morgan fingerprint density at radius 2 is 2.06 bits per heavy atom. The molecular formula is C10H7BrClNO2S2. The van der Waals surface area contributed by atoms with Crippen molar-refractivity contribution in [3.05, 3.63) is 44.5 Å². The van der Waals surface area contributed by atoms with Crippen LogP contribution < -0.4 is 4.72 Å². The number of anilines is 1. The quantitative estimate of drug-likeness (QED) is 0.908. The SMILES string of the molecule is O=S(=O)(Nc1ccsc1)c1ccc(Br)cc1Cl. The van der Waals surface area contributed by atoms with Gasteiger partial charge in [0.25, 0.3) is 10.0 Å². The second kappa shape index (κ2) is 4.97. The summed E-state index contributed by atoms with van der Waals surface area (Å²) in [5.41, 5.74) is 0.536. The van der Waals surface area contributed by atoms with Gasteiger partial charge >= 0.3 is 0 Å². The van der Waals surface area contributed by atoms with Gasteiger partial charge in [0, 0.05) is 9.85 Å². The van der Waals surface area contributed by atoms with Gasteiger partial charge in [0.1, 0.15) is 4.90 Å². The Hall–Kier alpha value is -0.560. The topological polar surface area (TPSA) is 46.2 Å². The molecule has 0 saturated heterocycles. The minimum absolute atomic E-state index is 0.0635. The summed E-state index contributed by atoms with van der Waals surface area (Å²) in [4.78, 5) is 0.0635. The number of thiophene rings is 1. The lowest BCUT2D eigenvalue weighted by Gasteiger charge is -2.08. The molecule has 3 nitrogen and oxygen atoms in total. The lowest BCUT2D eigenvalue weighted by molar-refractivity contribution is 0.601. The smallest absolute Gasteiger partial charge is 0.263 e. The molecule has 0 spiro atoms. The van der Waals surface area contributed by atoms with Gasteiger partial charge < -0.3 is 0 Å². The summed E-state index contributed by atoms with van der Waals surface area (Å²) in [7, 11) is -3.63. The molecule has 0 saturated carbocycles. The molecule has 0 radical (unpaired) electrons. The van der Waals surface area contributed by atoms with Gasteiger partial charge in [-0.3, -0.25) is 4.72 Å². The van der Waals surface area contributed by atoms with E-state index >= 15 is 0 Å². The molecule has 2 aromatic rings. The molecular weight excluding hydrogens is 346 g/mol. The Morgan fingerprint density at radius 3 is 2.65 bits per heavy atom. The highest BCUT2D eigenvalue weighted by Gasteiger charge is 2.18. The number of halogens is 2. The Morgan fingerprint density at radius 1 is 1.29 bits per heavy atom. The Kier molecular flexibility index (Phi) is 3.77. The second-order valence-corrected chi connectivity index (χ2v) is 6.95. The second-order valence-electron chi connectivity index (χ2n) is 3.19. The van der Waals surface area contributed by atoms with Gasteiger partial charge in [-0.1, -0.05) is 27.5 Å². The maximum Gasteiger partial charge on any atom is 0.263 e. The molecule has 0 aliphatic heterocycles. The zero-order valence-electron chi connectivity index (χ0n) is 8.35. The molecule has 0 aliphatic carbocycles. The molecule has 1 N–H and O–H groups in total. The van der Waals surface area contributed by atoms with Crippen molar-refractivity contribution < 1.29 is 8.42 Å². The standard InChI is InChI=1S/C10H7BrClNO2S2/c11-7-1-2-10(9(12)5-7)17(14,15)13-8-3-4-16-6-8/h1-6,13H. The average molecular weight is 353 g/mol. The summed E-state index contributed by atoms with van der Waals surface area (Å²) in [6.07, 6.45) is 0. The molecule has 17 heavy (non-hydrogen) atoms. The molecule has 1 aromatic heterocycles. The van der Waals surface area contributed by atoms with Crippen molar-refractivity contribution in [1.82, 2.24) is 0 Å². The van der Waals surface area contributed by atoms with Crippen molar-refractivity contribution in [2.45, 2.75) is 4.90 Å². The highest BCUT2D eigenvalue weighted by Crippen LogP contribution is 2.27. The Balaban J connectivity index is 2.38. The van der Waals surface area contributed by atoms with Gasteiger partial charge in [-0.05, 0) is 29.6 Å². The number of hydrogen-bond donors (Lipinski definition) is 1. The van der Waals surface area contributed by atoms with Crippen LogP contribution in [0.4, 0.5) is 5.69 Å². The van der Waals surface area contributed by atoms with E-state index in [1.54, 1.807) is 29.0 Å². The Labute approximate surface area is 117 Å². The van der Waals surface area contributed by atoms with Gasteiger partial charge in [0.05, 0.1) is 10.7 Å². The zero-order valence-corrected chi connectivity index (χ0v) is 12.3. The van der Waals surface area contributed by atoms with Gasteiger partial charge in [-0.25, -0.2) is 8.42 Å². The molecule has 0 aliphatic rings. The monoisotopic (exact) mass is 351 g/mol. The molecule has 1 aromatic carbocycles. The largest absolute Gasteiger partial charge is 0.279 e. The predicted molar refractivity (Wildman–Crippen MR) is 74.3 cm³/mol. The summed E-state index contributed by atoms with van der Waals surface area (Å²) >= 11 is 10.5. The highest BCUT2D eigenvalue weighted by molar-refractivity contribution is 9.10. The third-order valence-corrected chi connectivity index (χ3v) is 5.00. The Bertz CT molecular complexity index is 626. The first-order valence-electron chi connectivity index (χ1n) is 4.49. The van der Waals surface area contributed by atoms with Crippen LogP contribution in [0.1, 0.15) is 0 Å². The highest BCUT2D eigenvalue weighted by atomic mass is 79.9. The molecule has 2 rings (SSSR count). The molecule has 7 heteroatoms. The number of hydrogen-bond acceptors (Lipinski definition) is 3. The van der Waals surface area contributed by atoms with Crippen LogP contribution >= 0.6 is 38.9 Å². The first-order valence-corrected chi connectivity index (χ1v) is 8.09.